The molecule has 4 rings (SSSR count). The number of nitrogens with zero attached hydrogens (tertiary/aromatic N) is 4. The number of halogens is 2. The van der Waals surface area contributed by atoms with E-state index in [0.29, 0.717) is 47.2 Å². The quantitative estimate of drug-likeness (QED) is 0.516. The SMILES string of the molecule is O=C(Nc1nc2ccc(Cl)cc2s1)N1CCN(c2ncc(C[C@H](O)CO)cc2Cl)CC1. The van der Waals surface area contributed by atoms with Gasteiger partial charge in [-0.3, -0.25) is 5.32 Å². The van der Waals surface area contributed by atoms with Gasteiger partial charge in [0.05, 0.1) is 28.0 Å². The number of piperazine rings is 1. The van der Waals surface area contributed by atoms with E-state index < -0.39 is 6.10 Å². The lowest BCUT2D eigenvalue weighted by molar-refractivity contribution is 0.0954. The van der Waals surface area contributed by atoms with E-state index in [1.807, 2.05) is 17.0 Å². The van der Waals surface area contributed by atoms with Crippen molar-refractivity contribution in [3.63, 3.8) is 0 Å². The molecule has 8 nitrogen and oxygen atoms in total. The molecule has 0 unspecified atom stereocenters. The van der Waals surface area contributed by atoms with Crippen LogP contribution in [0.2, 0.25) is 10.0 Å². The molecule has 2 aromatic heterocycles. The smallest absolute Gasteiger partial charge is 0.323 e. The maximum Gasteiger partial charge on any atom is 0.323 e. The van der Waals surface area contributed by atoms with Crippen molar-refractivity contribution in [2.24, 2.45) is 0 Å². The predicted octanol–water partition coefficient (Wildman–Crippen LogP) is 3.25. The number of carbonyl (C=O) groups excluding carboxylic acids is 1. The second-order valence-corrected chi connectivity index (χ2v) is 9.10. The topological polar surface area (TPSA) is 102 Å². The number of hydrogen-bond acceptors (Lipinski definition) is 7. The van der Waals surface area contributed by atoms with E-state index in [0.717, 1.165) is 15.8 Å². The number of pyridine rings is 1. The normalized spacial score (nSPS) is 15.4. The molecule has 1 aromatic carbocycles. The Kier molecular flexibility index (Phi) is 6.78. The Morgan fingerprint density at radius 2 is 2.00 bits per heavy atom. The van der Waals surface area contributed by atoms with Crippen LogP contribution in [0.5, 0.6) is 0 Å². The minimum absolute atomic E-state index is 0.197. The third-order valence-corrected chi connectivity index (χ3v) is 6.44. The highest BCUT2D eigenvalue weighted by Gasteiger charge is 2.24. The first-order valence-electron chi connectivity index (χ1n) is 9.73. The molecule has 0 spiro atoms. The fraction of sp³-hybridized carbons (Fsp3) is 0.350. The molecule has 3 N–H and O–H groups in total. The van der Waals surface area contributed by atoms with Gasteiger partial charge >= 0.3 is 6.03 Å². The van der Waals surface area contributed by atoms with Gasteiger partial charge in [-0.25, -0.2) is 14.8 Å². The number of aliphatic hydroxyl groups is 2. The largest absolute Gasteiger partial charge is 0.394 e. The number of hydrogen-bond donors (Lipinski definition) is 3. The highest BCUT2D eigenvalue weighted by molar-refractivity contribution is 7.22. The maximum absolute atomic E-state index is 12.6. The lowest BCUT2D eigenvalue weighted by Crippen LogP contribution is -2.50. The maximum atomic E-state index is 12.6. The van der Waals surface area contributed by atoms with Gasteiger partial charge in [-0.2, -0.15) is 0 Å². The summed E-state index contributed by atoms with van der Waals surface area (Å²) in [5.74, 6) is 0.645. The minimum atomic E-state index is -0.835. The fourth-order valence-corrected chi connectivity index (χ4v) is 4.84. The van der Waals surface area contributed by atoms with Crippen LogP contribution >= 0.6 is 34.5 Å². The molecule has 1 saturated heterocycles. The molecule has 0 bridgehead atoms. The number of benzene rings is 1. The Labute approximate surface area is 193 Å². The summed E-state index contributed by atoms with van der Waals surface area (Å²) in [5, 5.41) is 23.1. The first-order chi connectivity index (χ1) is 14.9. The third-order valence-electron chi connectivity index (χ3n) is 4.99. The lowest BCUT2D eigenvalue weighted by Gasteiger charge is -2.35. The van der Waals surface area contributed by atoms with Crippen molar-refractivity contribution in [3.05, 3.63) is 46.1 Å². The van der Waals surface area contributed by atoms with Gasteiger partial charge < -0.3 is 20.0 Å². The Morgan fingerprint density at radius 3 is 2.71 bits per heavy atom. The molecule has 1 fully saturated rings. The molecule has 3 aromatic rings. The Bertz CT molecular complexity index is 1090. The molecule has 1 atom stereocenters. The van der Waals surface area contributed by atoms with Crippen molar-refractivity contribution in [3.8, 4) is 0 Å². The third kappa shape index (κ3) is 5.19. The second kappa shape index (κ2) is 9.54. The average Bonchev–Trinajstić information content (AvgIpc) is 3.15. The van der Waals surface area contributed by atoms with E-state index in [4.69, 9.17) is 28.3 Å². The van der Waals surface area contributed by atoms with E-state index in [9.17, 15) is 9.90 Å². The van der Waals surface area contributed by atoms with Crippen molar-refractivity contribution >= 4 is 61.7 Å². The van der Waals surface area contributed by atoms with Crippen LogP contribution in [0.3, 0.4) is 0 Å². The Morgan fingerprint density at radius 1 is 1.23 bits per heavy atom. The molecular weight excluding hydrogens is 461 g/mol. The number of fused-ring (bicyclic) bond motifs is 1. The first-order valence-corrected chi connectivity index (χ1v) is 11.3. The first kappa shape index (κ1) is 22.0. The summed E-state index contributed by atoms with van der Waals surface area (Å²) >= 11 is 13.8. The molecule has 164 valence electrons. The molecule has 2 amide bonds. The number of anilines is 2. The number of rotatable bonds is 5. The molecule has 1 aliphatic heterocycles. The van der Waals surface area contributed by atoms with Crippen molar-refractivity contribution in [1.29, 1.82) is 0 Å². The van der Waals surface area contributed by atoms with Gasteiger partial charge in [0, 0.05) is 43.8 Å². The molecule has 31 heavy (non-hydrogen) atoms. The van der Waals surface area contributed by atoms with Crippen LogP contribution in [-0.4, -0.2) is 70.0 Å². The van der Waals surface area contributed by atoms with Gasteiger partial charge in [-0.1, -0.05) is 34.5 Å². The van der Waals surface area contributed by atoms with Crippen molar-refractivity contribution in [2.75, 3.05) is 43.0 Å². The van der Waals surface area contributed by atoms with Crippen molar-refractivity contribution < 1.29 is 15.0 Å². The van der Waals surface area contributed by atoms with E-state index in [1.54, 1.807) is 23.2 Å². The summed E-state index contributed by atoms with van der Waals surface area (Å²) in [4.78, 5) is 25.3. The fourth-order valence-electron chi connectivity index (χ4n) is 3.40. The van der Waals surface area contributed by atoms with Crippen LogP contribution in [0.15, 0.2) is 30.5 Å². The number of nitrogens with one attached hydrogen (secondary N) is 1. The van der Waals surface area contributed by atoms with Gasteiger partial charge in [-0.15, -0.1) is 0 Å². The standard InChI is InChI=1S/C20H21Cl2N5O3S/c21-13-1-2-16-17(9-13)31-19(24-16)25-20(30)27-5-3-26(4-6-27)18-15(22)8-12(10-23-18)7-14(29)11-28/h1-2,8-10,14,28-29H,3-7,11H2,(H,24,25,30)/t14-/m0/s1. The summed E-state index contributed by atoms with van der Waals surface area (Å²) in [6, 6.07) is 6.98. The van der Waals surface area contributed by atoms with Crippen molar-refractivity contribution in [2.45, 2.75) is 12.5 Å². The Hall–Kier alpha value is -2.17. The van der Waals surface area contributed by atoms with Gasteiger partial charge in [-0.05, 0) is 29.8 Å². The van der Waals surface area contributed by atoms with Gasteiger partial charge in [0.2, 0.25) is 0 Å². The van der Waals surface area contributed by atoms with Gasteiger partial charge in [0.1, 0.15) is 5.82 Å². The molecule has 0 saturated carbocycles. The molecule has 0 aliphatic carbocycles. The van der Waals surface area contributed by atoms with E-state index in [-0.39, 0.29) is 19.1 Å². The summed E-state index contributed by atoms with van der Waals surface area (Å²) in [6.45, 7) is 1.91. The molecule has 0 radical (unpaired) electrons. The van der Waals surface area contributed by atoms with E-state index in [2.05, 4.69) is 15.3 Å². The van der Waals surface area contributed by atoms with E-state index >= 15 is 0 Å². The number of carbonyl (C=O) groups is 1. The number of aliphatic hydroxyl groups excluding tert-OH is 2. The van der Waals surface area contributed by atoms with Crippen LogP contribution < -0.4 is 10.2 Å². The molecule has 3 heterocycles. The monoisotopic (exact) mass is 481 g/mol. The number of amides is 2. The number of aromatic nitrogens is 2. The van der Waals surface area contributed by atoms with Crippen LogP contribution in [0.4, 0.5) is 15.7 Å². The van der Waals surface area contributed by atoms with Crippen LogP contribution in [0.25, 0.3) is 10.2 Å². The van der Waals surface area contributed by atoms with Crippen LogP contribution in [0.1, 0.15) is 5.56 Å². The average molecular weight is 482 g/mol. The summed E-state index contributed by atoms with van der Waals surface area (Å²) in [6.07, 6.45) is 1.10. The van der Waals surface area contributed by atoms with Gasteiger partial charge in [0.25, 0.3) is 0 Å². The van der Waals surface area contributed by atoms with E-state index in [1.165, 1.54) is 11.3 Å². The number of thiazole rings is 1. The Balaban J connectivity index is 1.35. The summed E-state index contributed by atoms with van der Waals surface area (Å²) in [7, 11) is 0. The minimum Gasteiger partial charge on any atom is -0.394 e. The highest BCUT2D eigenvalue weighted by Crippen LogP contribution is 2.29. The van der Waals surface area contributed by atoms with Crippen molar-refractivity contribution in [1.82, 2.24) is 14.9 Å². The zero-order valence-electron chi connectivity index (χ0n) is 16.5. The summed E-state index contributed by atoms with van der Waals surface area (Å²) in [5.41, 5.74) is 1.55. The van der Waals surface area contributed by atoms with Crippen LogP contribution in [0, 0.1) is 0 Å². The van der Waals surface area contributed by atoms with Crippen LogP contribution in [-0.2, 0) is 6.42 Å². The second-order valence-electron chi connectivity index (χ2n) is 7.22. The zero-order chi connectivity index (χ0) is 22.0. The lowest BCUT2D eigenvalue weighted by atomic mass is 10.1. The summed E-state index contributed by atoms with van der Waals surface area (Å²) < 4.78 is 0.920. The number of urea groups is 1. The highest BCUT2D eigenvalue weighted by atomic mass is 35.5. The molecule has 11 heteroatoms. The van der Waals surface area contributed by atoms with Gasteiger partial charge in [0.15, 0.2) is 5.13 Å². The molecule has 1 aliphatic rings. The molecular formula is C20H21Cl2N5O3S. The zero-order valence-corrected chi connectivity index (χ0v) is 18.8. The predicted molar refractivity (Wildman–Crippen MR) is 123 cm³/mol.